The Hall–Kier alpha value is -2.78. The van der Waals surface area contributed by atoms with Crippen molar-refractivity contribution in [2.45, 2.75) is 81.6 Å². The van der Waals surface area contributed by atoms with Crippen LogP contribution in [0, 0.1) is 17.8 Å². The first-order valence-electron chi connectivity index (χ1n) is 11.3. The lowest BCUT2D eigenvalue weighted by Gasteiger charge is -2.30. The van der Waals surface area contributed by atoms with E-state index in [0.717, 1.165) is 25.7 Å². The van der Waals surface area contributed by atoms with Gasteiger partial charge in [-0.3, -0.25) is 9.36 Å². The summed E-state index contributed by atoms with van der Waals surface area (Å²) in [6, 6.07) is 0.0919. The van der Waals surface area contributed by atoms with Crippen molar-refractivity contribution in [3.05, 3.63) is 12.2 Å². The summed E-state index contributed by atoms with van der Waals surface area (Å²) in [6.07, 6.45) is 1.17. The molecule has 1 aliphatic heterocycles. The molecule has 2 aromatic rings. The van der Waals surface area contributed by atoms with Gasteiger partial charge in [0.05, 0.1) is 6.33 Å². The molecule has 11 heteroatoms. The monoisotopic (exact) mass is 456 g/mol. The fraction of sp³-hybridized carbons (Fsp3) is 0.636. The van der Waals surface area contributed by atoms with Crippen molar-refractivity contribution < 1.29 is 24.9 Å². The van der Waals surface area contributed by atoms with Gasteiger partial charge >= 0.3 is 0 Å². The maximum Gasteiger partial charge on any atom is 0.252 e. The second kappa shape index (κ2) is 8.22. The molecule has 0 spiro atoms. The Balaban J connectivity index is 1.43. The molecule has 2 saturated carbocycles. The highest BCUT2D eigenvalue weighted by Gasteiger charge is 2.48. The molecule has 11 nitrogen and oxygen atoms in total. The van der Waals surface area contributed by atoms with Gasteiger partial charge in [0, 0.05) is 6.04 Å². The van der Waals surface area contributed by atoms with Gasteiger partial charge in [-0.05, 0) is 43.9 Å². The van der Waals surface area contributed by atoms with E-state index in [1.807, 2.05) is 0 Å². The average Bonchev–Trinajstić information content (AvgIpc) is 3.40. The number of ether oxygens (including phenoxy) is 1. The molecule has 6 N–H and O–H groups in total. The standard InChI is InChI=1S/C22H28N6O5/c1-11-3-2-7-22(32,9-11)8-6-13-26-18(23)14-19(27-13)28(10-24-14)21-16(30)15(29)17(33-21)20(31)25-12-4-5-12/h10-12,15-17,21,29-30,32H,2-5,7,9H2,1H3,(H,25,31)(H2,23,26,27)/t11-,15+,16-,17+,21-,22-/m1/s1. The van der Waals surface area contributed by atoms with Crippen molar-refractivity contribution in [3.8, 4) is 11.8 Å². The van der Waals surface area contributed by atoms with E-state index in [1.54, 1.807) is 0 Å². The molecule has 0 aromatic carbocycles. The highest BCUT2D eigenvalue weighted by Crippen LogP contribution is 2.34. The van der Waals surface area contributed by atoms with Crippen molar-refractivity contribution in [1.29, 1.82) is 0 Å². The minimum absolute atomic E-state index is 0.0862. The molecule has 6 atom stereocenters. The number of carbonyl (C=O) groups excluding carboxylic acids is 1. The number of imidazole rings is 1. The number of hydrogen-bond donors (Lipinski definition) is 5. The quantitative estimate of drug-likeness (QED) is 0.386. The maximum atomic E-state index is 12.4. The second-order valence-electron chi connectivity index (χ2n) is 9.45. The van der Waals surface area contributed by atoms with Gasteiger partial charge in [-0.2, -0.15) is 0 Å². The van der Waals surface area contributed by atoms with Crippen LogP contribution >= 0.6 is 0 Å². The number of amides is 1. The summed E-state index contributed by atoms with van der Waals surface area (Å²) < 4.78 is 7.14. The van der Waals surface area contributed by atoms with Crippen molar-refractivity contribution >= 4 is 22.9 Å². The summed E-state index contributed by atoms with van der Waals surface area (Å²) in [4.78, 5) is 25.2. The van der Waals surface area contributed by atoms with E-state index >= 15 is 0 Å². The molecule has 0 unspecified atom stereocenters. The van der Waals surface area contributed by atoms with Gasteiger partial charge in [0.2, 0.25) is 5.82 Å². The highest BCUT2D eigenvalue weighted by molar-refractivity contribution is 5.83. The fourth-order valence-corrected chi connectivity index (χ4v) is 4.61. The number of nitrogens with one attached hydrogen (secondary N) is 1. The Morgan fingerprint density at radius 1 is 1.30 bits per heavy atom. The Bertz CT molecular complexity index is 1140. The minimum atomic E-state index is -1.41. The molecule has 3 heterocycles. The number of anilines is 1. The average molecular weight is 457 g/mol. The van der Waals surface area contributed by atoms with Crippen molar-refractivity contribution in [2.75, 3.05) is 5.73 Å². The Labute approximate surface area is 190 Å². The number of carbonyl (C=O) groups is 1. The molecule has 33 heavy (non-hydrogen) atoms. The number of aliphatic hydroxyl groups excluding tert-OH is 2. The first kappa shape index (κ1) is 22.0. The van der Waals surface area contributed by atoms with Gasteiger partial charge in [0.1, 0.15) is 23.3 Å². The molecule has 5 rings (SSSR count). The van der Waals surface area contributed by atoms with Crippen LogP contribution < -0.4 is 11.1 Å². The van der Waals surface area contributed by atoms with E-state index < -0.39 is 36.0 Å². The molecular weight excluding hydrogens is 428 g/mol. The van der Waals surface area contributed by atoms with Gasteiger partial charge in [-0.25, -0.2) is 15.0 Å². The highest BCUT2D eigenvalue weighted by atomic mass is 16.6. The van der Waals surface area contributed by atoms with Crippen LogP contribution in [0.2, 0.25) is 0 Å². The first-order valence-corrected chi connectivity index (χ1v) is 11.3. The molecule has 176 valence electrons. The van der Waals surface area contributed by atoms with E-state index in [2.05, 4.69) is 39.0 Å². The normalized spacial score (nSPS) is 34.1. The number of fused-ring (bicyclic) bond motifs is 1. The van der Waals surface area contributed by atoms with E-state index in [4.69, 9.17) is 10.5 Å². The van der Waals surface area contributed by atoms with Crippen LogP contribution in [0.15, 0.2) is 6.33 Å². The summed E-state index contributed by atoms with van der Waals surface area (Å²) in [5.41, 5.74) is 5.49. The topological polar surface area (TPSA) is 169 Å². The summed E-state index contributed by atoms with van der Waals surface area (Å²) >= 11 is 0. The summed E-state index contributed by atoms with van der Waals surface area (Å²) in [5, 5.41) is 34.6. The number of aromatic nitrogens is 4. The smallest absolute Gasteiger partial charge is 0.252 e. The van der Waals surface area contributed by atoms with E-state index in [9.17, 15) is 20.1 Å². The fourth-order valence-electron chi connectivity index (χ4n) is 4.61. The van der Waals surface area contributed by atoms with Crippen LogP contribution in [0.25, 0.3) is 11.2 Å². The Kier molecular flexibility index (Phi) is 5.49. The molecule has 3 fully saturated rings. The van der Waals surface area contributed by atoms with E-state index in [1.165, 1.54) is 10.9 Å². The van der Waals surface area contributed by atoms with Crippen molar-refractivity contribution in [2.24, 2.45) is 5.92 Å². The second-order valence-corrected chi connectivity index (χ2v) is 9.45. The van der Waals surface area contributed by atoms with Gasteiger partial charge in [0.15, 0.2) is 23.8 Å². The molecule has 2 aliphatic carbocycles. The zero-order chi connectivity index (χ0) is 23.3. The summed E-state index contributed by atoms with van der Waals surface area (Å²) in [6.45, 7) is 2.09. The van der Waals surface area contributed by atoms with Crippen molar-refractivity contribution in [1.82, 2.24) is 24.8 Å². The Morgan fingerprint density at radius 3 is 2.82 bits per heavy atom. The maximum absolute atomic E-state index is 12.4. The predicted molar refractivity (Wildman–Crippen MR) is 116 cm³/mol. The number of nitrogens with zero attached hydrogens (tertiary/aromatic N) is 4. The molecule has 3 aliphatic rings. The van der Waals surface area contributed by atoms with E-state index in [0.29, 0.717) is 18.8 Å². The molecule has 0 radical (unpaired) electrons. The third-order valence-electron chi connectivity index (χ3n) is 6.52. The number of aliphatic hydroxyl groups is 3. The van der Waals surface area contributed by atoms with E-state index in [-0.39, 0.29) is 28.8 Å². The van der Waals surface area contributed by atoms with Crippen LogP contribution in [-0.4, -0.2) is 70.7 Å². The number of rotatable bonds is 3. The summed E-state index contributed by atoms with van der Waals surface area (Å²) in [7, 11) is 0. The summed E-state index contributed by atoms with van der Waals surface area (Å²) in [5.74, 6) is 5.83. The zero-order valence-corrected chi connectivity index (χ0v) is 18.3. The molecule has 1 amide bonds. The lowest BCUT2D eigenvalue weighted by atomic mass is 9.79. The third-order valence-corrected chi connectivity index (χ3v) is 6.52. The first-order chi connectivity index (χ1) is 15.7. The van der Waals surface area contributed by atoms with Crippen LogP contribution in [0.5, 0.6) is 0 Å². The lowest BCUT2D eigenvalue weighted by molar-refractivity contribution is -0.137. The van der Waals surface area contributed by atoms with Gasteiger partial charge in [-0.15, -0.1) is 0 Å². The lowest BCUT2D eigenvalue weighted by Crippen LogP contribution is -2.43. The van der Waals surface area contributed by atoms with Gasteiger partial charge < -0.3 is 31.1 Å². The minimum Gasteiger partial charge on any atom is -0.387 e. The molecule has 2 aromatic heterocycles. The number of nitrogens with two attached hydrogens (primary N) is 1. The van der Waals surface area contributed by atoms with Crippen molar-refractivity contribution in [3.63, 3.8) is 0 Å². The number of hydrogen-bond acceptors (Lipinski definition) is 9. The molecule has 0 bridgehead atoms. The van der Waals surface area contributed by atoms with Crippen LogP contribution in [0.4, 0.5) is 5.82 Å². The zero-order valence-electron chi connectivity index (χ0n) is 18.3. The Morgan fingerprint density at radius 2 is 2.09 bits per heavy atom. The van der Waals surface area contributed by atoms with Crippen LogP contribution in [-0.2, 0) is 9.53 Å². The van der Waals surface area contributed by atoms with Gasteiger partial charge in [-0.1, -0.05) is 19.3 Å². The SMILES string of the molecule is C[C@@H]1CCC[C@@](O)(C#Cc2nc(N)c3ncn([C@@H]4O[C@H](C(=O)NC5CC5)[C@@H](O)[C@H]4O)c3n2)C1. The molecule has 1 saturated heterocycles. The predicted octanol–water partition coefficient (Wildman–Crippen LogP) is -0.401. The van der Waals surface area contributed by atoms with Gasteiger partial charge in [0.25, 0.3) is 5.91 Å². The largest absolute Gasteiger partial charge is 0.387 e. The molecular formula is C22H28N6O5. The van der Waals surface area contributed by atoms with Crippen LogP contribution in [0.1, 0.15) is 57.5 Å². The van der Waals surface area contributed by atoms with Crippen LogP contribution in [0.3, 0.4) is 0 Å². The third kappa shape index (κ3) is 4.27. The number of nitrogen functional groups attached to an aromatic ring is 1.